The molecule has 17 heavy (non-hydrogen) atoms. The van der Waals surface area contributed by atoms with Crippen molar-refractivity contribution in [2.24, 2.45) is 0 Å². The number of furan rings is 1. The molecule has 4 heteroatoms. The predicted molar refractivity (Wildman–Crippen MR) is 68.7 cm³/mol. The van der Waals surface area contributed by atoms with Gasteiger partial charge in [0.15, 0.2) is 11.3 Å². The van der Waals surface area contributed by atoms with Gasteiger partial charge in [0.05, 0.1) is 11.6 Å². The highest BCUT2D eigenvalue weighted by Crippen LogP contribution is 2.26. The van der Waals surface area contributed by atoms with E-state index in [1.54, 1.807) is 12.1 Å². The van der Waals surface area contributed by atoms with Gasteiger partial charge in [-0.05, 0) is 25.1 Å². The highest BCUT2D eigenvalue weighted by atomic mass is 35.5. The number of nitrogens with one attached hydrogen (secondary N) is 1. The third-order valence-electron chi connectivity index (χ3n) is 2.48. The topological polar surface area (TPSA) is 42.2 Å². The highest BCUT2D eigenvalue weighted by Gasteiger charge is 2.13. The Morgan fingerprint density at radius 2 is 2.29 bits per heavy atom. The summed E-state index contributed by atoms with van der Waals surface area (Å²) in [6.07, 6.45) is 0.999. The molecule has 0 radical (unpaired) electrons. The standard InChI is InChI=1S/C13H14ClNO2/c1-2-6-15-8-11(16)12-7-9-4-3-5-10(14)13(9)17-12/h3-5,7,15H,2,6,8H2,1H3. The molecule has 1 aromatic carbocycles. The maximum atomic E-state index is 11.8. The maximum absolute atomic E-state index is 11.8. The van der Waals surface area contributed by atoms with Crippen LogP contribution in [0.1, 0.15) is 23.9 Å². The van der Waals surface area contributed by atoms with Gasteiger partial charge in [0.25, 0.3) is 0 Å². The molecule has 0 saturated carbocycles. The van der Waals surface area contributed by atoms with E-state index >= 15 is 0 Å². The van der Waals surface area contributed by atoms with Crippen molar-refractivity contribution in [2.45, 2.75) is 13.3 Å². The van der Waals surface area contributed by atoms with Crippen molar-refractivity contribution >= 4 is 28.4 Å². The molecule has 0 spiro atoms. The fourth-order valence-corrected chi connectivity index (χ4v) is 1.85. The van der Waals surface area contributed by atoms with Gasteiger partial charge in [0, 0.05) is 5.39 Å². The van der Waals surface area contributed by atoms with Crippen LogP contribution in [0.3, 0.4) is 0 Å². The maximum Gasteiger partial charge on any atom is 0.211 e. The van der Waals surface area contributed by atoms with Gasteiger partial charge in [-0.3, -0.25) is 4.79 Å². The van der Waals surface area contributed by atoms with Crippen LogP contribution in [0.5, 0.6) is 0 Å². The summed E-state index contributed by atoms with van der Waals surface area (Å²) in [4.78, 5) is 11.8. The predicted octanol–water partition coefficient (Wildman–Crippen LogP) is 3.27. The van der Waals surface area contributed by atoms with Gasteiger partial charge in [0.1, 0.15) is 0 Å². The normalized spacial score (nSPS) is 10.9. The zero-order valence-corrected chi connectivity index (χ0v) is 10.4. The Morgan fingerprint density at radius 3 is 3.00 bits per heavy atom. The molecular weight excluding hydrogens is 238 g/mol. The second-order valence-electron chi connectivity index (χ2n) is 3.87. The van der Waals surface area contributed by atoms with Crippen molar-refractivity contribution in [3.63, 3.8) is 0 Å². The van der Waals surface area contributed by atoms with E-state index in [1.165, 1.54) is 0 Å². The average molecular weight is 252 g/mol. The first kappa shape index (κ1) is 12.1. The molecular formula is C13H14ClNO2. The molecule has 0 aliphatic rings. The van der Waals surface area contributed by atoms with E-state index < -0.39 is 0 Å². The number of carbonyl (C=O) groups excluding carboxylic acids is 1. The van der Waals surface area contributed by atoms with Gasteiger partial charge in [-0.25, -0.2) is 0 Å². The smallest absolute Gasteiger partial charge is 0.211 e. The first-order valence-electron chi connectivity index (χ1n) is 5.64. The molecule has 0 aliphatic heterocycles. The number of fused-ring (bicyclic) bond motifs is 1. The second-order valence-corrected chi connectivity index (χ2v) is 4.28. The molecule has 1 N–H and O–H groups in total. The lowest BCUT2D eigenvalue weighted by Crippen LogP contribution is -2.23. The van der Waals surface area contributed by atoms with E-state index in [0.29, 0.717) is 22.9 Å². The third-order valence-corrected chi connectivity index (χ3v) is 2.78. The number of rotatable bonds is 5. The van der Waals surface area contributed by atoms with Gasteiger partial charge in [0.2, 0.25) is 5.78 Å². The van der Waals surface area contributed by atoms with Crippen LogP contribution in [-0.2, 0) is 0 Å². The van der Waals surface area contributed by atoms with Crippen LogP contribution in [0.2, 0.25) is 5.02 Å². The summed E-state index contributed by atoms with van der Waals surface area (Å²) in [7, 11) is 0. The first-order chi connectivity index (χ1) is 8.22. The Kier molecular flexibility index (Phi) is 3.82. The van der Waals surface area contributed by atoms with E-state index in [9.17, 15) is 4.79 Å². The molecule has 2 rings (SSSR count). The van der Waals surface area contributed by atoms with E-state index in [1.807, 2.05) is 12.1 Å². The van der Waals surface area contributed by atoms with E-state index in [2.05, 4.69) is 12.2 Å². The number of benzene rings is 1. The van der Waals surface area contributed by atoms with Crippen molar-refractivity contribution < 1.29 is 9.21 Å². The summed E-state index contributed by atoms with van der Waals surface area (Å²) in [5, 5.41) is 4.44. The summed E-state index contributed by atoms with van der Waals surface area (Å²) < 4.78 is 5.47. The van der Waals surface area contributed by atoms with Crippen LogP contribution in [0.25, 0.3) is 11.0 Å². The highest BCUT2D eigenvalue weighted by molar-refractivity contribution is 6.34. The number of halogens is 1. The second kappa shape index (κ2) is 5.34. The van der Waals surface area contributed by atoms with Crippen LogP contribution in [0.4, 0.5) is 0 Å². The Hall–Kier alpha value is -1.32. The Morgan fingerprint density at radius 1 is 1.47 bits per heavy atom. The van der Waals surface area contributed by atoms with Crippen LogP contribution >= 0.6 is 11.6 Å². The lowest BCUT2D eigenvalue weighted by Gasteiger charge is -1.98. The number of hydrogen-bond acceptors (Lipinski definition) is 3. The minimum Gasteiger partial charge on any atom is -0.451 e. The van der Waals surface area contributed by atoms with Crippen LogP contribution in [0.15, 0.2) is 28.7 Å². The third kappa shape index (κ3) is 2.68. The minimum absolute atomic E-state index is 0.0503. The summed E-state index contributed by atoms with van der Waals surface area (Å²) in [6.45, 7) is 3.18. The van der Waals surface area contributed by atoms with Crippen LogP contribution in [0, 0.1) is 0 Å². The average Bonchev–Trinajstić information content (AvgIpc) is 2.75. The fourth-order valence-electron chi connectivity index (χ4n) is 1.63. The van der Waals surface area contributed by atoms with Crippen LogP contribution < -0.4 is 5.32 Å². The number of para-hydroxylation sites is 1. The van der Waals surface area contributed by atoms with Crippen molar-refractivity contribution in [1.29, 1.82) is 0 Å². The Balaban J connectivity index is 2.19. The summed E-state index contributed by atoms with van der Waals surface area (Å²) in [6, 6.07) is 7.19. The van der Waals surface area contributed by atoms with E-state index in [-0.39, 0.29) is 5.78 Å². The first-order valence-corrected chi connectivity index (χ1v) is 6.02. The van der Waals surface area contributed by atoms with E-state index in [4.69, 9.17) is 16.0 Å². The molecule has 2 aromatic rings. The zero-order chi connectivity index (χ0) is 12.3. The molecule has 1 heterocycles. The molecule has 0 unspecified atom stereocenters. The quantitative estimate of drug-likeness (QED) is 0.655. The lowest BCUT2D eigenvalue weighted by molar-refractivity contribution is 0.0967. The Bertz CT molecular complexity index is 533. The molecule has 0 saturated heterocycles. The fraction of sp³-hybridized carbons (Fsp3) is 0.308. The lowest BCUT2D eigenvalue weighted by atomic mass is 10.2. The largest absolute Gasteiger partial charge is 0.451 e. The summed E-state index contributed by atoms with van der Waals surface area (Å²) in [5.74, 6) is 0.308. The SMILES string of the molecule is CCCNCC(=O)c1cc2cccc(Cl)c2o1. The van der Waals surface area contributed by atoms with Gasteiger partial charge in [-0.15, -0.1) is 0 Å². The zero-order valence-electron chi connectivity index (χ0n) is 9.63. The summed E-state index contributed by atoms with van der Waals surface area (Å²) in [5.41, 5.74) is 0.577. The van der Waals surface area contributed by atoms with E-state index in [0.717, 1.165) is 18.4 Å². The number of carbonyl (C=O) groups is 1. The van der Waals surface area contributed by atoms with Crippen LogP contribution in [-0.4, -0.2) is 18.9 Å². The molecule has 0 fully saturated rings. The molecule has 0 atom stereocenters. The van der Waals surface area contributed by atoms with Gasteiger partial charge < -0.3 is 9.73 Å². The number of Topliss-reactive ketones (excluding diaryl/α,β-unsaturated/α-hetero) is 1. The van der Waals surface area contributed by atoms with Gasteiger partial charge >= 0.3 is 0 Å². The monoisotopic (exact) mass is 251 g/mol. The molecule has 90 valence electrons. The molecule has 0 aliphatic carbocycles. The number of hydrogen-bond donors (Lipinski definition) is 1. The molecule has 0 bridgehead atoms. The molecule has 3 nitrogen and oxygen atoms in total. The van der Waals surface area contributed by atoms with Gasteiger partial charge in [-0.2, -0.15) is 0 Å². The molecule has 0 amide bonds. The van der Waals surface area contributed by atoms with Crippen molar-refractivity contribution in [3.8, 4) is 0 Å². The van der Waals surface area contributed by atoms with Crippen molar-refractivity contribution in [3.05, 3.63) is 35.0 Å². The number of ketones is 1. The van der Waals surface area contributed by atoms with Crippen molar-refractivity contribution in [2.75, 3.05) is 13.1 Å². The minimum atomic E-state index is -0.0503. The van der Waals surface area contributed by atoms with Gasteiger partial charge in [-0.1, -0.05) is 30.7 Å². The van der Waals surface area contributed by atoms with Crippen molar-refractivity contribution in [1.82, 2.24) is 5.32 Å². The Labute approximate surface area is 105 Å². The summed E-state index contributed by atoms with van der Waals surface area (Å²) >= 11 is 5.98. The molecule has 1 aromatic heterocycles.